The maximum absolute atomic E-state index is 2.34. The molecule has 0 amide bonds. The molecule has 0 radical (unpaired) electrons. The van der Waals surface area contributed by atoms with Crippen molar-refractivity contribution in [2.75, 3.05) is 0 Å². The van der Waals surface area contributed by atoms with E-state index in [0.717, 1.165) is 0 Å². The fourth-order valence-electron chi connectivity index (χ4n) is 4.36. The van der Waals surface area contributed by atoms with Crippen LogP contribution in [0.5, 0.6) is 0 Å². The highest BCUT2D eigenvalue weighted by molar-refractivity contribution is 8.01. The SMILES string of the molecule is [I-].c1ccc(-c2ccc([P+](c3ccccc3)(c3ccccc3)c3ccccc3)cc2)cc1. The molecule has 0 nitrogen and oxygen atoms in total. The van der Waals surface area contributed by atoms with E-state index in [2.05, 4.69) is 146 Å². The van der Waals surface area contributed by atoms with Gasteiger partial charge in [0.1, 0.15) is 28.5 Å². The van der Waals surface area contributed by atoms with Crippen LogP contribution in [0.4, 0.5) is 0 Å². The summed E-state index contributed by atoms with van der Waals surface area (Å²) < 4.78 is 0. The standard InChI is InChI=1S/C30H24P.HI/c1-5-13-25(14-6-1)26-21-23-30(24-22-26)31(27-15-7-2-8-16-27,28-17-9-3-10-18-28)29-19-11-4-12-20-29;/h1-24H;1H/q+1;/p-1. The smallest absolute Gasteiger partial charge is 0.144 e. The molecule has 5 aromatic carbocycles. The molecule has 0 aliphatic rings. The van der Waals surface area contributed by atoms with Crippen LogP contribution >= 0.6 is 7.26 Å². The zero-order chi connectivity index (χ0) is 20.9. The van der Waals surface area contributed by atoms with E-state index in [0.29, 0.717) is 0 Å². The van der Waals surface area contributed by atoms with Crippen molar-refractivity contribution >= 4 is 28.5 Å². The summed E-state index contributed by atoms with van der Waals surface area (Å²) in [5, 5.41) is 5.50. The Bertz CT molecular complexity index is 1140. The molecule has 0 aliphatic heterocycles. The predicted octanol–water partition coefficient (Wildman–Crippen LogP) is 2.98. The van der Waals surface area contributed by atoms with Crippen molar-refractivity contribution in [3.05, 3.63) is 146 Å². The Balaban J connectivity index is 0.00000245. The van der Waals surface area contributed by atoms with Gasteiger partial charge in [0.25, 0.3) is 0 Å². The van der Waals surface area contributed by atoms with Gasteiger partial charge in [0.05, 0.1) is 0 Å². The number of hydrogen-bond acceptors (Lipinski definition) is 0. The highest BCUT2D eigenvalue weighted by Crippen LogP contribution is 2.54. The van der Waals surface area contributed by atoms with Gasteiger partial charge >= 0.3 is 0 Å². The molecule has 5 rings (SSSR count). The van der Waals surface area contributed by atoms with E-state index in [4.69, 9.17) is 0 Å². The minimum absolute atomic E-state index is 0. The van der Waals surface area contributed by atoms with Crippen LogP contribution in [0.1, 0.15) is 0 Å². The highest BCUT2D eigenvalue weighted by atomic mass is 127. The molecule has 0 aromatic heterocycles. The fourth-order valence-corrected chi connectivity index (χ4v) is 8.60. The van der Waals surface area contributed by atoms with Crippen molar-refractivity contribution in [3.63, 3.8) is 0 Å². The third-order valence-corrected chi connectivity index (χ3v) is 10.1. The first-order valence-corrected chi connectivity index (χ1v) is 12.4. The molecule has 0 fully saturated rings. The Kier molecular flexibility index (Phi) is 7.19. The second-order valence-electron chi connectivity index (χ2n) is 7.59. The van der Waals surface area contributed by atoms with Gasteiger partial charge in [-0.05, 0) is 59.7 Å². The maximum Gasteiger partial charge on any atom is 0.144 e. The molecule has 0 spiro atoms. The monoisotopic (exact) mass is 542 g/mol. The third-order valence-electron chi connectivity index (χ3n) is 5.79. The summed E-state index contributed by atoms with van der Waals surface area (Å²) >= 11 is 0. The largest absolute Gasteiger partial charge is 1.00 e. The first-order valence-electron chi connectivity index (χ1n) is 10.6. The number of rotatable bonds is 5. The molecule has 0 saturated heterocycles. The summed E-state index contributed by atoms with van der Waals surface area (Å²) in [6.45, 7) is 0. The molecule has 5 aromatic rings. The van der Waals surface area contributed by atoms with Crippen LogP contribution in [0.15, 0.2) is 146 Å². The van der Waals surface area contributed by atoms with Gasteiger partial charge in [-0.25, -0.2) is 0 Å². The first kappa shape index (κ1) is 22.5. The zero-order valence-electron chi connectivity index (χ0n) is 17.7. The van der Waals surface area contributed by atoms with Crippen LogP contribution < -0.4 is 45.2 Å². The Morgan fingerprint density at radius 1 is 0.281 bits per heavy atom. The predicted molar refractivity (Wildman–Crippen MR) is 137 cm³/mol. The normalized spacial score (nSPS) is 10.9. The molecular weight excluding hydrogens is 518 g/mol. The molecule has 156 valence electrons. The molecule has 0 N–H and O–H groups in total. The van der Waals surface area contributed by atoms with Crippen molar-refractivity contribution in [3.8, 4) is 11.1 Å². The lowest BCUT2D eigenvalue weighted by molar-refractivity contribution is -0.00000584. The number of halogens is 1. The van der Waals surface area contributed by atoms with Crippen LogP contribution in [0.25, 0.3) is 11.1 Å². The molecule has 0 bridgehead atoms. The zero-order valence-corrected chi connectivity index (χ0v) is 20.7. The van der Waals surface area contributed by atoms with E-state index in [1.165, 1.54) is 32.3 Å². The fraction of sp³-hybridized carbons (Fsp3) is 0. The van der Waals surface area contributed by atoms with Gasteiger partial charge < -0.3 is 24.0 Å². The van der Waals surface area contributed by atoms with E-state index in [1.807, 2.05) is 0 Å². The Labute approximate surface area is 208 Å². The van der Waals surface area contributed by atoms with E-state index < -0.39 is 7.26 Å². The molecule has 0 heterocycles. The van der Waals surface area contributed by atoms with Crippen LogP contribution in [0.2, 0.25) is 0 Å². The van der Waals surface area contributed by atoms with Crippen molar-refractivity contribution < 1.29 is 24.0 Å². The molecule has 0 saturated carbocycles. The lowest BCUT2D eigenvalue weighted by atomic mass is 10.1. The lowest BCUT2D eigenvalue weighted by Crippen LogP contribution is -3.00. The van der Waals surface area contributed by atoms with E-state index >= 15 is 0 Å². The summed E-state index contributed by atoms with van der Waals surface area (Å²) in [5.41, 5.74) is 2.49. The van der Waals surface area contributed by atoms with Crippen LogP contribution in [-0.4, -0.2) is 0 Å². The Hall–Kier alpha value is -2.74. The second kappa shape index (κ2) is 10.3. The van der Waals surface area contributed by atoms with Crippen LogP contribution in [0.3, 0.4) is 0 Å². The van der Waals surface area contributed by atoms with E-state index in [1.54, 1.807) is 0 Å². The Morgan fingerprint density at radius 3 is 0.938 bits per heavy atom. The summed E-state index contributed by atoms with van der Waals surface area (Å²) in [6, 6.07) is 52.8. The van der Waals surface area contributed by atoms with Crippen molar-refractivity contribution in [2.24, 2.45) is 0 Å². The quantitative estimate of drug-likeness (QED) is 0.237. The van der Waals surface area contributed by atoms with Crippen molar-refractivity contribution in [1.82, 2.24) is 0 Å². The summed E-state index contributed by atoms with van der Waals surface area (Å²) in [5.74, 6) is 0. The molecule has 0 aliphatic carbocycles. The van der Waals surface area contributed by atoms with Crippen LogP contribution in [0, 0.1) is 0 Å². The van der Waals surface area contributed by atoms with E-state index in [-0.39, 0.29) is 24.0 Å². The molecule has 2 heteroatoms. The topological polar surface area (TPSA) is 0 Å². The van der Waals surface area contributed by atoms with Gasteiger partial charge in [-0.15, -0.1) is 0 Å². The summed E-state index contributed by atoms with van der Waals surface area (Å²) in [6.07, 6.45) is 0. The third kappa shape index (κ3) is 4.16. The highest BCUT2D eigenvalue weighted by Gasteiger charge is 2.47. The average molecular weight is 542 g/mol. The minimum Gasteiger partial charge on any atom is -1.00 e. The van der Waals surface area contributed by atoms with Crippen molar-refractivity contribution in [1.29, 1.82) is 0 Å². The van der Waals surface area contributed by atoms with E-state index in [9.17, 15) is 0 Å². The molecule has 0 unspecified atom stereocenters. The number of benzene rings is 5. The van der Waals surface area contributed by atoms with Gasteiger partial charge in [-0.3, -0.25) is 0 Å². The van der Waals surface area contributed by atoms with Gasteiger partial charge in [0.15, 0.2) is 0 Å². The van der Waals surface area contributed by atoms with Crippen molar-refractivity contribution in [2.45, 2.75) is 0 Å². The van der Waals surface area contributed by atoms with Gasteiger partial charge in [0, 0.05) is 0 Å². The molecule has 0 atom stereocenters. The van der Waals surface area contributed by atoms with Gasteiger partial charge in [-0.1, -0.05) is 97.1 Å². The average Bonchev–Trinajstić information content (AvgIpc) is 2.88. The summed E-state index contributed by atoms with van der Waals surface area (Å²) in [7, 11) is -2.02. The number of hydrogen-bond donors (Lipinski definition) is 0. The van der Waals surface area contributed by atoms with Gasteiger partial charge in [0.2, 0.25) is 0 Å². The maximum atomic E-state index is 2.34. The van der Waals surface area contributed by atoms with Gasteiger partial charge in [-0.2, -0.15) is 0 Å². The lowest BCUT2D eigenvalue weighted by Gasteiger charge is -2.27. The second-order valence-corrected chi connectivity index (χ2v) is 11.0. The Morgan fingerprint density at radius 2 is 0.562 bits per heavy atom. The van der Waals surface area contributed by atoms with Crippen LogP contribution in [-0.2, 0) is 0 Å². The summed E-state index contributed by atoms with van der Waals surface area (Å²) in [4.78, 5) is 0. The first-order chi connectivity index (χ1) is 15.4. The minimum atomic E-state index is -2.02. The molecule has 32 heavy (non-hydrogen) atoms. The molecular formula is C30H24IP.